The van der Waals surface area contributed by atoms with Crippen LogP contribution in [0.2, 0.25) is 0 Å². The van der Waals surface area contributed by atoms with Crippen molar-refractivity contribution in [2.24, 2.45) is 0 Å². The number of hydrogen-bond donors (Lipinski definition) is 2. The SMILES string of the molecule is Nc1[nH+]c(C2CCC(O)c3ccccc3C2)cs1. The number of benzene rings is 1. The van der Waals surface area contributed by atoms with Crippen molar-refractivity contribution in [3.8, 4) is 0 Å². The molecule has 2 unspecified atom stereocenters. The van der Waals surface area contributed by atoms with E-state index in [0.717, 1.165) is 30.0 Å². The van der Waals surface area contributed by atoms with Gasteiger partial charge in [0.25, 0.3) is 0 Å². The molecule has 0 spiro atoms. The number of aliphatic hydroxyl groups is 1. The predicted molar refractivity (Wildman–Crippen MR) is 72.4 cm³/mol. The highest BCUT2D eigenvalue weighted by atomic mass is 32.1. The monoisotopic (exact) mass is 261 g/mol. The number of hydrogen-bond acceptors (Lipinski definition) is 3. The summed E-state index contributed by atoms with van der Waals surface area (Å²) in [6.45, 7) is 0. The molecule has 1 aromatic heterocycles. The Bertz CT molecular complexity index is 552. The van der Waals surface area contributed by atoms with Crippen molar-refractivity contribution >= 4 is 16.5 Å². The summed E-state index contributed by atoms with van der Waals surface area (Å²) < 4.78 is 0. The standard InChI is InChI=1S/C14H16N2OS/c15-14-16-12(8-18-14)10-5-6-13(17)11-4-2-1-3-9(11)7-10/h1-4,8,10,13,17H,5-7H2,(H2,15,16)/p+1. The molecular formula is C14H17N2OS+. The van der Waals surface area contributed by atoms with Crippen LogP contribution in [0.3, 0.4) is 0 Å². The lowest BCUT2D eigenvalue weighted by Crippen LogP contribution is -2.15. The fraction of sp³-hybridized carbons (Fsp3) is 0.357. The molecule has 0 aliphatic heterocycles. The van der Waals surface area contributed by atoms with Crippen LogP contribution in [0.4, 0.5) is 5.13 Å². The van der Waals surface area contributed by atoms with E-state index < -0.39 is 0 Å². The first kappa shape index (κ1) is 11.7. The molecule has 18 heavy (non-hydrogen) atoms. The van der Waals surface area contributed by atoms with E-state index in [2.05, 4.69) is 16.4 Å². The van der Waals surface area contributed by atoms with E-state index in [1.165, 1.54) is 11.3 Å². The molecule has 3 nitrogen and oxygen atoms in total. The molecule has 2 aromatic rings. The van der Waals surface area contributed by atoms with Crippen LogP contribution in [-0.4, -0.2) is 5.11 Å². The molecule has 1 aromatic carbocycles. The second-order valence-electron chi connectivity index (χ2n) is 4.87. The molecular weight excluding hydrogens is 244 g/mol. The normalized spacial score (nSPS) is 23.4. The van der Waals surface area contributed by atoms with Crippen LogP contribution in [0.5, 0.6) is 0 Å². The number of anilines is 1. The first-order valence-corrected chi connectivity index (χ1v) is 7.14. The predicted octanol–water partition coefficient (Wildman–Crippen LogP) is 2.30. The third-order valence-corrected chi connectivity index (χ3v) is 4.42. The third-order valence-electron chi connectivity index (χ3n) is 3.69. The average Bonchev–Trinajstić information content (AvgIpc) is 2.73. The summed E-state index contributed by atoms with van der Waals surface area (Å²) in [6.07, 6.45) is 2.44. The number of H-pyrrole nitrogens is 1. The van der Waals surface area contributed by atoms with E-state index in [4.69, 9.17) is 5.73 Å². The number of aromatic amines is 1. The Morgan fingerprint density at radius 1 is 1.28 bits per heavy atom. The number of aliphatic hydroxyl groups excluding tert-OH is 1. The summed E-state index contributed by atoms with van der Waals surface area (Å²) in [5.41, 5.74) is 9.30. The van der Waals surface area contributed by atoms with Gasteiger partial charge in [0.1, 0.15) is 5.69 Å². The van der Waals surface area contributed by atoms with Gasteiger partial charge < -0.3 is 5.11 Å². The number of nitrogens with one attached hydrogen (secondary N) is 1. The first-order chi connectivity index (χ1) is 8.74. The third kappa shape index (κ3) is 2.13. The Hall–Kier alpha value is -1.39. The first-order valence-electron chi connectivity index (χ1n) is 6.26. The molecule has 0 saturated carbocycles. The fourth-order valence-corrected chi connectivity index (χ4v) is 3.40. The highest BCUT2D eigenvalue weighted by molar-refractivity contribution is 7.13. The van der Waals surface area contributed by atoms with Gasteiger partial charge in [0.15, 0.2) is 0 Å². The Balaban J connectivity index is 1.93. The van der Waals surface area contributed by atoms with Gasteiger partial charge in [-0.25, -0.2) is 4.98 Å². The highest BCUT2D eigenvalue weighted by Crippen LogP contribution is 2.35. The lowest BCUT2D eigenvalue weighted by molar-refractivity contribution is -0.369. The number of aromatic nitrogens is 1. The fourth-order valence-electron chi connectivity index (χ4n) is 2.72. The van der Waals surface area contributed by atoms with Crippen LogP contribution in [0.15, 0.2) is 29.6 Å². The van der Waals surface area contributed by atoms with E-state index in [0.29, 0.717) is 5.92 Å². The molecule has 0 bridgehead atoms. The number of thiazole rings is 1. The molecule has 0 saturated heterocycles. The lowest BCUT2D eigenvalue weighted by atomic mass is 9.94. The minimum Gasteiger partial charge on any atom is -0.388 e. The highest BCUT2D eigenvalue weighted by Gasteiger charge is 2.25. The molecule has 0 amide bonds. The molecule has 0 fully saturated rings. The number of nitrogen functional groups attached to an aromatic ring is 1. The quantitative estimate of drug-likeness (QED) is 0.774. The van der Waals surface area contributed by atoms with Crippen LogP contribution < -0.4 is 10.7 Å². The minimum atomic E-state index is -0.331. The molecule has 3 rings (SSSR count). The molecule has 94 valence electrons. The van der Waals surface area contributed by atoms with Crippen molar-refractivity contribution in [3.05, 3.63) is 46.5 Å². The van der Waals surface area contributed by atoms with Crippen LogP contribution in [0, 0.1) is 0 Å². The van der Waals surface area contributed by atoms with Gasteiger partial charge in [0.05, 0.1) is 6.10 Å². The topological polar surface area (TPSA) is 60.4 Å². The van der Waals surface area contributed by atoms with E-state index in [-0.39, 0.29) is 6.10 Å². The van der Waals surface area contributed by atoms with Crippen molar-refractivity contribution < 1.29 is 10.1 Å². The van der Waals surface area contributed by atoms with Gasteiger partial charge in [-0.3, -0.25) is 5.73 Å². The Labute approximate surface area is 110 Å². The van der Waals surface area contributed by atoms with Gasteiger partial charge in [-0.2, -0.15) is 0 Å². The molecule has 1 aliphatic carbocycles. The summed E-state index contributed by atoms with van der Waals surface area (Å²) in [7, 11) is 0. The van der Waals surface area contributed by atoms with Crippen LogP contribution in [-0.2, 0) is 6.42 Å². The van der Waals surface area contributed by atoms with Gasteiger partial charge in [0, 0.05) is 11.3 Å². The summed E-state index contributed by atoms with van der Waals surface area (Å²) in [6, 6.07) is 8.19. The largest absolute Gasteiger partial charge is 0.388 e. The van der Waals surface area contributed by atoms with Crippen molar-refractivity contribution in [3.63, 3.8) is 0 Å². The summed E-state index contributed by atoms with van der Waals surface area (Å²) >= 11 is 1.55. The van der Waals surface area contributed by atoms with Gasteiger partial charge >= 0.3 is 5.13 Å². The Kier molecular flexibility index (Phi) is 3.06. The minimum absolute atomic E-state index is 0.331. The maximum atomic E-state index is 10.2. The van der Waals surface area contributed by atoms with Gasteiger partial charge in [-0.1, -0.05) is 35.6 Å². The second kappa shape index (κ2) is 4.71. The number of nitrogens with two attached hydrogens (primary N) is 1. The Morgan fingerprint density at radius 2 is 2.11 bits per heavy atom. The molecule has 0 radical (unpaired) electrons. The smallest absolute Gasteiger partial charge is 0.329 e. The molecule has 1 heterocycles. The Morgan fingerprint density at radius 3 is 2.89 bits per heavy atom. The van der Waals surface area contributed by atoms with Crippen molar-refractivity contribution in [2.75, 3.05) is 5.73 Å². The summed E-state index contributed by atoms with van der Waals surface area (Å²) in [5, 5.41) is 13.0. The maximum absolute atomic E-state index is 10.2. The zero-order chi connectivity index (χ0) is 12.5. The maximum Gasteiger partial charge on any atom is 0.329 e. The molecule has 1 aliphatic rings. The zero-order valence-electron chi connectivity index (χ0n) is 10.1. The second-order valence-corrected chi connectivity index (χ2v) is 5.78. The van der Waals surface area contributed by atoms with Crippen LogP contribution in [0.25, 0.3) is 0 Å². The van der Waals surface area contributed by atoms with Crippen molar-refractivity contribution in [1.29, 1.82) is 0 Å². The number of fused-ring (bicyclic) bond motifs is 1. The number of rotatable bonds is 1. The summed E-state index contributed by atoms with van der Waals surface area (Å²) in [5.74, 6) is 0.428. The van der Waals surface area contributed by atoms with E-state index in [9.17, 15) is 5.11 Å². The van der Waals surface area contributed by atoms with Gasteiger partial charge in [0.2, 0.25) is 0 Å². The molecule has 4 N–H and O–H groups in total. The molecule has 2 atom stereocenters. The van der Waals surface area contributed by atoms with Crippen molar-refractivity contribution in [1.82, 2.24) is 0 Å². The average molecular weight is 261 g/mol. The van der Waals surface area contributed by atoms with Gasteiger partial charge in [-0.05, 0) is 30.4 Å². The van der Waals surface area contributed by atoms with E-state index >= 15 is 0 Å². The van der Waals surface area contributed by atoms with Crippen molar-refractivity contribution in [2.45, 2.75) is 31.3 Å². The van der Waals surface area contributed by atoms with E-state index in [1.807, 2.05) is 18.2 Å². The molecule has 4 heteroatoms. The zero-order valence-corrected chi connectivity index (χ0v) is 10.9. The summed E-state index contributed by atoms with van der Waals surface area (Å²) in [4.78, 5) is 3.23. The van der Waals surface area contributed by atoms with Crippen LogP contribution >= 0.6 is 11.3 Å². The van der Waals surface area contributed by atoms with E-state index in [1.54, 1.807) is 11.3 Å². The van der Waals surface area contributed by atoms with Gasteiger partial charge in [-0.15, -0.1) is 0 Å². The lowest BCUT2D eigenvalue weighted by Gasteiger charge is -2.10. The van der Waals surface area contributed by atoms with Crippen LogP contribution in [0.1, 0.15) is 41.7 Å².